The largest absolute Gasteiger partial charge is 0.372 e. The minimum atomic E-state index is -0.234. The van der Waals surface area contributed by atoms with Crippen molar-refractivity contribution < 1.29 is 4.74 Å². The van der Waals surface area contributed by atoms with Gasteiger partial charge >= 0.3 is 0 Å². The molecule has 0 amide bonds. The van der Waals surface area contributed by atoms with Crippen molar-refractivity contribution in [3.63, 3.8) is 0 Å². The molecule has 132 valence electrons. The summed E-state index contributed by atoms with van der Waals surface area (Å²) in [5, 5.41) is 0. The number of hydrogen-bond acceptors (Lipinski definition) is 5. The van der Waals surface area contributed by atoms with Gasteiger partial charge in [-0.3, -0.25) is 0 Å². The van der Waals surface area contributed by atoms with Crippen molar-refractivity contribution in [3.8, 4) is 0 Å². The number of aromatic nitrogens is 1. The number of nitrogens with zero attached hydrogens (tertiary/aromatic N) is 2. The number of hydrogen-bond donors (Lipinski definition) is 2. The van der Waals surface area contributed by atoms with Crippen molar-refractivity contribution in [2.75, 3.05) is 18.0 Å². The number of ether oxygens (including phenoxy) is 1. The zero-order valence-corrected chi connectivity index (χ0v) is 15.0. The molecular formula is C19H30N4O. The lowest BCUT2D eigenvalue weighted by atomic mass is 9.75. The molecule has 0 aromatic carbocycles. The average molecular weight is 330 g/mol. The van der Waals surface area contributed by atoms with Gasteiger partial charge < -0.3 is 21.1 Å². The number of morpholine rings is 1. The van der Waals surface area contributed by atoms with Crippen molar-refractivity contribution in [1.82, 2.24) is 4.98 Å². The highest BCUT2D eigenvalue weighted by molar-refractivity contribution is 5.45. The van der Waals surface area contributed by atoms with Crippen LogP contribution in [0.1, 0.15) is 44.4 Å². The third-order valence-corrected chi connectivity index (χ3v) is 6.39. The smallest absolute Gasteiger partial charge is 0.128 e. The van der Waals surface area contributed by atoms with Crippen LogP contribution < -0.4 is 16.4 Å². The number of rotatable bonds is 2. The molecule has 1 aromatic heterocycles. The van der Waals surface area contributed by atoms with E-state index in [9.17, 15) is 0 Å². The van der Waals surface area contributed by atoms with Gasteiger partial charge in [-0.05, 0) is 63.5 Å². The maximum atomic E-state index is 6.87. The second kappa shape index (κ2) is 5.68. The fourth-order valence-corrected chi connectivity index (χ4v) is 5.32. The quantitative estimate of drug-likeness (QED) is 0.866. The van der Waals surface area contributed by atoms with E-state index in [2.05, 4.69) is 37.8 Å². The van der Waals surface area contributed by atoms with Crippen LogP contribution in [-0.2, 0) is 10.3 Å². The van der Waals surface area contributed by atoms with E-state index in [0.717, 1.165) is 37.4 Å². The van der Waals surface area contributed by atoms with Crippen LogP contribution in [0.15, 0.2) is 12.1 Å². The fourth-order valence-electron chi connectivity index (χ4n) is 5.32. The lowest BCUT2D eigenvalue weighted by Crippen LogP contribution is -2.47. The first kappa shape index (κ1) is 16.3. The number of anilines is 1. The minimum absolute atomic E-state index is 0.234. The molecule has 6 unspecified atom stereocenters. The van der Waals surface area contributed by atoms with E-state index < -0.39 is 0 Å². The summed E-state index contributed by atoms with van der Waals surface area (Å²) >= 11 is 0. The van der Waals surface area contributed by atoms with E-state index in [-0.39, 0.29) is 17.7 Å². The van der Waals surface area contributed by atoms with Crippen LogP contribution in [0.4, 0.5) is 5.82 Å². The van der Waals surface area contributed by atoms with Crippen LogP contribution in [0.5, 0.6) is 0 Å². The first-order valence-electron chi connectivity index (χ1n) is 9.30. The molecule has 2 aliphatic carbocycles. The Balaban J connectivity index is 1.59. The van der Waals surface area contributed by atoms with Gasteiger partial charge in [0.05, 0.1) is 12.2 Å². The van der Waals surface area contributed by atoms with E-state index in [0.29, 0.717) is 17.9 Å². The van der Waals surface area contributed by atoms with Crippen molar-refractivity contribution in [3.05, 3.63) is 23.4 Å². The first-order chi connectivity index (χ1) is 11.4. The Morgan fingerprint density at radius 3 is 2.46 bits per heavy atom. The Hall–Kier alpha value is -1.17. The number of aryl methyl sites for hydroxylation is 1. The third-order valence-electron chi connectivity index (χ3n) is 6.39. The molecule has 2 saturated carbocycles. The third kappa shape index (κ3) is 2.54. The van der Waals surface area contributed by atoms with Gasteiger partial charge in [-0.1, -0.05) is 6.07 Å². The fraction of sp³-hybridized carbons (Fsp3) is 0.737. The summed E-state index contributed by atoms with van der Waals surface area (Å²) in [6, 6.07) is 4.71. The van der Waals surface area contributed by atoms with Gasteiger partial charge in [0.1, 0.15) is 5.82 Å². The molecule has 0 spiro atoms. The Labute approximate surface area is 144 Å². The standard InChI is InChI=1S/C19H30N4O/c1-11-9-23(10-12(2)24-11)18-5-4-16(13(3)22-18)19(21)8-14-6-15(19)7-17(14)20/h4-5,11-12,14-15,17H,6-10,20-21H2,1-3H3. The summed E-state index contributed by atoms with van der Waals surface area (Å²) in [7, 11) is 0. The SMILES string of the molecule is Cc1nc(N2CC(C)OC(C)C2)ccc1C1(N)CC2CC1CC2N. The Kier molecular flexibility index (Phi) is 3.86. The molecule has 1 aromatic rings. The molecule has 5 nitrogen and oxygen atoms in total. The summed E-state index contributed by atoms with van der Waals surface area (Å²) in [5.41, 5.74) is 15.1. The molecule has 0 radical (unpaired) electrons. The molecule has 4 rings (SSSR count). The summed E-state index contributed by atoms with van der Waals surface area (Å²) in [6.07, 6.45) is 3.72. The van der Waals surface area contributed by atoms with Crippen LogP contribution in [0.25, 0.3) is 0 Å². The molecule has 3 aliphatic rings. The summed E-state index contributed by atoms with van der Waals surface area (Å²) in [6.45, 7) is 8.13. The van der Waals surface area contributed by atoms with Crippen molar-refractivity contribution in [2.24, 2.45) is 23.3 Å². The van der Waals surface area contributed by atoms with Crippen LogP contribution in [-0.4, -0.2) is 36.3 Å². The predicted octanol–water partition coefficient (Wildman–Crippen LogP) is 1.91. The van der Waals surface area contributed by atoms with Gasteiger partial charge in [0.25, 0.3) is 0 Å². The highest BCUT2D eigenvalue weighted by Crippen LogP contribution is 2.54. The number of pyridine rings is 1. The van der Waals surface area contributed by atoms with E-state index in [1.54, 1.807) is 0 Å². The molecule has 2 bridgehead atoms. The lowest BCUT2D eigenvalue weighted by Gasteiger charge is -2.39. The van der Waals surface area contributed by atoms with E-state index in [4.69, 9.17) is 21.2 Å². The molecule has 3 fully saturated rings. The molecule has 2 heterocycles. The van der Waals surface area contributed by atoms with Gasteiger partial charge in [0, 0.05) is 30.4 Å². The lowest BCUT2D eigenvalue weighted by molar-refractivity contribution is -0.00547. The van der Waals surface area contributed by atoms with E-state index in [1.807, 2.05) is 0 Å². The second-order valence-corrected chi connectivity index (χ2v) is 8.30. The highest BCUT2D eigenvalue weighted by Gasteiger charge is 2.53. The van der Waals surface area contributed by atoms with Gasteiger partial charge in [-0.2, -0.15) is 0 Å². The van der Waals surface area contributed by atoms with Crippen LogP contribution in [0, 0.1) is 18.8 Å². The maximum Gasteiger partial charge on any atom is 0.128 e. The zero-order valence-electron chi connectivity index (χ0n) is 15.0. The summed E-state index contributed by atoms with van der Waals surface area (Å²) in [4.78, 5) is 7.25. The van der Waals surface area contributed by atoms with Gasteiger partial charge in [-0.15, -0.1) is 0 Å². The topological polar surface area (TPSA) is 77.4 Å². The summed E-state index contributed by atoms with van der Waals surface area (Å²) < 4.78 is 5.83. The normalized spacial score (nSPS) is 41.9. The van der Waals surface area contributed by atoms with E-state index >= 15 is 0 Å². The Morgan fingerprint density at radius 2 is 1.92 bits per heavy atom. The highest BCUT2D eigenvalue weighted by atomic mass is 16.5. The Morgan fingerprint density at radius 1 is 1.21 bits per heavy atom. The van der Waals surface area contributed by atoms with Crippen molar-refractivity contribution in [1.29, 1.82) is 0 Å². The van der Waals surface area contributed by atoms with Crippen LogP contribution >= 0.6 is 0 Å². The average Bonchev–Trinajstić information content (AvgIpc) is 3.02. The van der Waals surface area contributed by atoms with Gasteiger partial charge in [0.15, 0.2) is 0 Å². The zero-order chi connectivity index (χ0) is 17.1. The molecule has 1 aliphatic heterocycles. The van der Waals surface area contributed by atoms with Crippen LogP contribution in [0.2, 0.25) is 0 Å². The molecule has 6 atom stereocenters. The van der Waals surface area contributed by atoms with E-state index in [1.165, 1.54) is 12.0 Å². The molecule has 4 N–H and O–H groups in total. The van der Waals surface area contributed by atoms with Crippen molar-refractivity contribution >= 4 is 5.82 Å². The van der Waals surface area contributed by atoms with Crippen molar-refractivity contribution in [2.45, 2.75) is 63.8 Å². The number of fused-ring (bicyclic) bond motifs is 2. The first-order valence-corrected chi connectivity index (χ1v) is 9.30. The Bertz CT molecular complexity index is 624. The molecular weight excluding hydrogens is 300 g/mol. The monoisotopic (exact) mass is 330 g/mol. The van der Waals surface area contributed by atoms with Gasteiger partial charge in [-0.25, -0.2) is 4.98 Å². The minimum Gasteiger partial charge on any atom is -0.372 e. The second-order valence-electron chi connectivity index (χ2n) is 8.30. The molecule has 5 heteroatoms. The molecule has 1 saturated heterocycles. The molecule has 24 heavy (non-hydrogen) atoms. The summed E-state index contributed by atoms with van der Waals surface area (Å²) in [5.74, 6) is 2.13. The van der Waals surface area contributed by atoms with Gasteiger partial charge in [0.2, 0.25) is 0 Å². The number of nitrogens with two attached hydrogens (primary N) is 2. The van der Waals surface area contributed by atoms with Crippen LogP contribution in [0.3, 0.4) is 0 Å². The predicted molar refractivity (Wildman–Crippen MR) is 95.9 cm³/mol. The maximum absolute atomic E-state index is 6.87.